The van der Waals surface area contributed by atoms with Crippen LogP contribution < -0.4 is 4.74 Å². The summed E-state index contributed by atoms with van der Waals surface area (Å²) in [6.45, 7) is 2.05. The molecule has 0 aliphatic heterocycles. The molecular weight excluding hydrogens is 236 g/mol. The van der Waals surface area contributed by atoms with E-state index in [-0.39, 0.29) is 11.9 Å². The molecule has 1 saturated carbocycles. The molecule has 1 aliphatic carbocycles. The number of benzene rings is 1. The molecule has 0 saturated heterocycles. The third kappa shape index (κ3) is 2.70. The largest absolute Gasteiger partial charge is 0.490 e. The standard InChI is InChI=1S/C12H12F4O/c1-7-4-9(5-7)17-8-2-3-11(13)10(6-8)12(14,15)16/h2-3,6-7,9H,4-5H2,1H3. The summed E-state index contributed by atoms with van der Waals surface area (Å²) in [4.78, 5) is 0. The Balaban J connectivity index is 2.14. The summed E-state index contributed by atoms with van der Waals surface area (Å²) in [5.74, 6) is -0.648. The van der Waals surface area contributed by atoms with E-state index in [1.165, 1.54) is 6.07 Å². The maximum Gasteiger partial charge on any atom is 0.419 e. The summed E-state index contributed by atoms with van der Waals surface area (Å²) in [7, 11) is 0. The third-order valence-corrected chi connectivity index (χ3v) is 2.88. The molecule has 0 heterocycles. The molecule has 1 aromatic rings. The van der Waals surface area contributed by atoms with Crippen LogP contribution in [0.5, 0.6) is 5.75 Å². The van der Waals surface area contributed by atoms with Crippen molar-refractivity contribution in [2.45, 2.75) is 32.0 Å². The molecule has 1 aromatic carbocycles. The third-order valence-electron chi connectivity index (χ3n) is 2.88. The van der Waals surface area contributed by atoms with Gasteiger partial charge in [-0.1, -0.05) is 6.92 Å². The maximum atomic E-state index is 13.0. The number of alkyl halides is 3. The van der Waals surface area contributed by atoms with Crippen LogP contribution >= 0.6 is 0 Å². The first-order valence-corrected chi connectivity index (χ1v) is 5.39. The van der Waals surface area contributed by atoms with Gasteiger partial charge in [0.1, 0.15) is 11.6 Å². The van der Waals surface area contributed by atoms with E-state index in [1.54, 1.807) is 0 Å². The summed E-state index contributed by atoms with van der Waals surface area (Å²) in [6.07, 6.45) is -3.06. The number of halogens is 4. The molecule has 1 nitrogen and oxygen atoms in total. The highest BCUT2D eigenvalue weighted by Crippen LogP contribution is 2.35. The lowest BCUT2D eigenvalue weighted by Crippen LogP contribution is -2.32. The minimum Gasteiger partial charge on any atom is -0.490 e. The topological polar surface area (TPSA) is 9.23 Å². The van der Waals surface area contributed by atoms with Crippen molar-refractivity contribution < 1.29 is 22.3 Å². The normalized spacial score (nSPS) is 24.3. The molecule has 0 atom stereocenters. The van der Waals surface area contributed by atoms with Crippen LogP contribution in [0.1, 0.15) is 25.3 Å². The van der Waals surface area contributed by atoms with E-state index in [9.17, 15) is 17.6 Å². The molecule has 2 rings (SSSR count). The molecular formula is C12H12F4O. The van der Waals surface area contributed by atoms with Gasteiger partial charge in [-0.15, -0.1) is 0 Å². The fraction of sp³-hybridized carbons (Fsp3) is 0.500. The molecule has 94 valence electrons. The summed E-state index contributed by atoms with van der Waals surface area (Å²) in [5.41, 5.74) is -1.28. The van der Waals surface area contributed by atoms with Gasteiger partial charge in [0.05, 0.1) is 11.7 Å². The van der Waals surface area contributed by atoms with E-state index < -0.39 is 17.6 Å². The van der Waals surface area contributed by atoms with Crippen molar-refractivity contribution in [3.8, 4) is 5.75 Å². The lowest BCUT2D eigenvalue weighted by atomic mass is 9.84. The van der Waals surface area contributed by atoms with Crippen LogP contribution in [0.25, 0.3) is 0 Å². The highest BCUT2D eigenvalue weighted by atomic mass is 19.4. The molecule has 1 fully saturated rings. The molecule has 5 heteroatoms. The average molecular weight is 248 g/mol. The van der Waals surface area contributed by atoms with Crippen molar-refractivity contribution in [3.05, 3.63) is 29.6 Å². The van der Waals surface area contributed by atoms with Gasteiger partial charge in [-0.25, -0.2) is 4.39 Å². The quantitative estimate of drug-likeness (QED) is 0.718. The van der Waals surface area contributed by atoms with Crippen LogP contribution in [0.3, 0.4) is 0 Å². The van der Waals surface area contributed by atoms with Crippen LogP contribution in [0.2, 0.25) is 0 Å². The lowest BCUT2D eigenvalue weighted by Gasteiger charge is -2.33. The second kappa shape index (κ2) is 4.20. The number of rotatable bonds is 2. The van der Waals surface area contributed by atoms with Gasteiger partial charge >= 0.3 is 6.18 Å². The zero-order valence-corrected chi connectivity index (χ0v) is 9.22. The zero-order chi connectivity index (χ0) is 12.6. The van der Waals surface area contributed by atoms with Gasteiger partial charge in [-0.2, -0.15) is 13.2 Å². The molecule has 0 bridgehead atoms. The van der Waals surface area contributed by atoms with Gasteiger partial charge in [-0.05, 0) is 37.0 Å². The first-order chi connectivity index (χ1) is 7.86. The van der Waals surface area contributed by atoms with Crippen LogP contribution in [0, 0.1) is 11.7 Å². The van der Waals surface area contributed by atoms with E-state index in [1.807, 2.05) is 6.92 Å². The van der Waals surface area contributed by atoms with Crippen LogP contribution in [0.15, 0.2) is 18.2 Å². The summed E-state index contributed by atoms with van der Waals surface area (Å²) in [6, 6.07) is 2.74. The van der Waals surface area contributed by atoms with Crippen molar-refractivity contribution in [1.29, 1.82) is 0 Å². The zero-order valence-electron chi connectivity index (χ0n) is 9.22. The van der Waals surface area contributed by atoms with Gasteiger partial charge in [0, 0.05) is 0 Å². The van der Waals surface area contributed by atoms with E-state index >= 15 is 0 Å². The summed E-state index contributed by atoms with van der Waals surface area (Å²) < 4.78 is 55.6. The van der Waals surface area contributed by atoms with Crippen molar-refractivity contribution in [2.75, 3.05) is 0 Å². The van der Waals surface area contributed by atoms with Gasteiger partial charge in [0.25, 0.3) is 0 Å². The van der Waals surface area contributed by atoms with E-state index in [0.717, 1.165) is 25.0 Å². The molecule has 1 aliphatic rings. The summed E-state index contributed by atoms with van der Waals surface area (Å²) in [5, 5.41) is 0. The monoisotopic (exact) mass is 248 g/mol. The average Bonchev–Trinajstić information content (AvgIpc) is 2.16. The first kappa shape index (κ1) is 12.2. The smallest absolute Gasteiger partial charge is 0.419 e. The highest BCUT2D eigenvalue weighted by molar-refractivity contribution is 5.32. The molecule has 0 aromatic heterocycles. The Labute approximate surface area is 96.4 Å². The Bertz CT molecular complexity index is 407. The number of hydrogen-bond donors (Lipinski definition) is 0. The van der Waals surface area contributed by atoms with E-state index in [0.29, 0.717) is 5.92 Å². The SMILES string of the molecule is CC1CC(Oc2ccc(F)c(C(F)(F)F)c2)C1. The number of hydrogen-bond acceptors (Lipinski definition) is 1. The van der Waals surface area contributed by atoms with Crippen LogP contribution in [0.4, 0.5) is 17.6 Å². The van der Waals surface area contributed by atoms with Crippen molar-refractivity contribution in [1.82, 2.24) is 0 Å². The van der Waals surface area contributed by atoms with E-state index in [4.69, 9.17) is 4.74 Å². The Morgan fingerprint density at radius 3 is 2.41 bits per heavy atom. The van der Waals surface area contributed by atoms with E-state index in [2.05, 4.69) is 0 Å². The second-order valence-corrected chi connectivity index (χ2v) is 4.46. The predicted octanol–water partition coefficient (Wildman–Crippen LogP) is 4.02. The predicted molar refractivity (Wildman–Crippen MR) is 54.2 cm³/mol. The molecule has 0 amide bonds. The maximum absolute atomic E-state index is 13.0. The molecule has 0 unspecified atom stereocenters. The number of ether oxygens (including phenoxy) is 1. The molecule has 0 N–H and O–H groups in total. The van der Waals surface area contributed by atoms with Gasteiger partial charge in [-0.3, -0.25) is 0 Å². The Morgan fingerprint density at radius 2 is 1.88 bits per heavy atom. The molecule has 17 heavy (non-hydrogen) atoms. The summed E-state index contributed by atoms with van der Waals surface area (Å²) >= 11 is 0. The van der Waals surface area contributed by atoms with Gasteiger partial charge < -0.3 is 4.74 Å². The van der Waals surface area contributed by atoms with Crippen molar-refractivity contribution in [3.63, 3.8) is 0 Å². The van der Waals surface area contributed by atoms with Crippen molar-refractivity contribution in [2.24, 2.45) is 5.92 Å². The minimum absolute atomic E-state index is 0.0449. The molecule has 0 spiro atoms. The first-order valence-electron chi connectivity index (χ1n) is 5.39. The Hall–Kier alpha value is -1.26. The lowest BCUT2D eigenvalue weighted by molar-refractivity contribution is -0.140. The Morgan fingerprint density at radius 1 is 1.24 bits per heavy atom. The Kier molecular flexibility index (Phi) is 3.02. The van der Waals surface area contributed by atoms with Crippen LogP contribution in [-0.2, 0) is 6.18 Å². The minimum atomic E-state index is -4.68. The fourth-order valence-electron chi connectivity index (χ4n) is 1.91. The molecule has 0 radical (unpaired) electrons. The van der Waals surface area contributed by atoms with Crippen LogP contribution in [-0.4, -0.2) is 6.10 Å². The van der Waals surface area contributed by atoms with Gasteiger partial charge in [0.2, 0.25) is 0 Å². The van der Waals surface area contributed by atoms with Crippen molar-refractivity contribution >= 4 is 0 Å². The fourth-order valence-corrected chi connectivity index (χ4v) is 1.91. The van der Waals surface area contributed by atoms with Gasteiger partial charge in [0.15, 0.2) is 0 Å². The highest BCUT2D eigenvalue weighted by Gasteiger charge is 2.35. The second-order valence-electron chi connectivity index (χ2n) is 4.46.